The highest BCUT2D eigenvalue weighted by Crippen LogP contribution is 2.33. The third kappa shape index (κ3) is 3.52. The van der Waals surface area contributed by atoms with Gasteiger partial charge in [-0.25, -0.2) is 4.98 Å². The number of nitrogens with one attached hydrogen (secondary N) is 1. The highest BCUT2D eigenvalue weighted by atomic mass is 79.9. The van der Waals surface area contributed by atoms with Crippen LogP contribution < -0.4 is 0 Å². The lowest BCUT2D eigenvalue weighted by molar-refractivity contribution is -0.384. The Morgan fingerprint density at radius 2 is 1.44 bits per heavy atom. The molecule has 0 atom stereocenters. The third-order valence-corrected chi connectivity index (χ3v) is 4.76. The molecule has 6 heteroatoms. The predicted molar refractivity (Wildman–Crippen MR) is 109 cm³/mol. The maximum atomic E-state index is 10.9. The van der Waals surface area contributed by atoms with Gasteiger partial charge >= 0.3 is 0 Å². The molecule has 1 heterocycles. The van der Waals surface area contributed by atoms with Gasteiger partial charge in [0.1, 0.15) is 5.82 Å². The Bertz CT molecular complexity index is 1090. The van der Waals surface area contributed by atoms with E-state index in [0.29, 0.717) is 0 Å². The number of imidazole rings is 1. The molecule has 0 aliphatic rings. The number of benzene rings is 3. The summed E-state index contributed by atoms with van der Waals surface area (Å²) in [7, 11) is 0. The van der Waals surface area contributed by atoms with Crippen molar-refractivity contribution in [2.75, 3.05) is 0 Å². The first-order valence-corrected chi connectivity index (χ1v) is 9.07. The Morgan fingerprint density at radius 3 is 2.07 bits per heavy atom. The van der Waals surface area contributed by atoms with Gasteiger partial charge in [-0.2, -0.15) is 0 Å². The molecule has 0 saturated heterocycles. The number of aromatic amines is 1. The summed E-state index contributed by atoms with van der Waals surface area (Å²) in [5.74, 6) is 0.745. The number of aromatic nitrogens is 2. The summed E-state index contributed by atoms with van der Waals surface area (Å²) in [6, 6.07) is 24.3. The van der Waals surface area contributed by atoms with Crippen molar-refractivity contribution in [1.29, 1.82) is 0 Å². The second kappa shape index (κ2) is 7.17. The Balaban J connectivity index is 1.86. The molecule has 4 rings (SSSR count). The average molecular weight is 420 g/mol. The minimum atomic E-state index is -0.401. The topological polar surface area (TPSA) is 71.8 Å². The number of nitrogens with zero attached hydrogens (tertiary/aromatic N) is 2. The van der Waals surface area contributed by atoms with Crippen LogP contribution in [0.2, 0.25) is 0 Å². The van der Waals surface area contributed by atoms with Crippen molar-refractivity contribution in [3.05, 3.63) is 93.4 Å². The Labute approximate surface area is 164 Å². The van der Waals surface area contributed by atoms with Gasteiger partial charge < -0.3 is 4.98 Å². The smallest absolute Gasteiger partial charge is 0.269 e. The van der Waals surface area contributed by atoms with Gasteiger partial charge in [-0.15, -0.1) is 0 Å². The van der Waals surface area contributed by atoms with Crippen LogP contribution >= 0.6 is 15.9 Å². The molecule has 5 nitrogen and oxygen atoms in total. The first-order valence-electron chi connectivity index (χ1n) is 8.28. The molecule has 0 aliphatic carbocycles. The number of H-pyrrole nitrogens is 1. The van der Waals surface area contributed by atoms with Crippen molar-refractivity contribution in [3.63, 3.8) is 0 Å². The van der Waals surface area contributed by atoms with E-state index >= 15 is 0 Å². The van der Waals surface area contributed by atoms with Gasteiger partial charge in [-0.1, -0.05) is 58.4 Å². The summed E-state index contributed by atoms with van der Waals surface area (Å²) in [6.45, 7) is 0. The molecular weight excluding hydrogens is 406 g/mol. The minimum Gasteiger partial charge on any atom is -0.337 e. The van der Waals surface area contributed by atoms with Gasteiger partial charge in [0.05, 0.1) is 16.3 Å². The van der Waals surface area contributed by atoms with Crippen LogP contribution in [0.5, 0.6) is 0 Å². The van der Waals surface area contributed by atoms with Crippen LogP contribution in [0.15, 0.2) is 83.3 Å². The normalized spacial score (nSPS) is 10.7. The van der Waals surface area contributed by atoms with Crippen LogP contribution in [0, 0.1) is 10.1 Å². The lowest BCUT2D eigenvalue weighted by Gasteiger charge is -2.03. The SMILES string of the molecule is O=[N+]([O-])c1ccc(-c2[nH]c(-c3ccc(Br)cc3)nc2-c2ccccc2)cc1. The zero-order valence-corrected chi connectivity index (χ0v) is 15.7. The monoisotopic (exact) mass is 419 g/mol. The first-order chi connectivity index (χ1) is 13.1. The molecule has 1 aromatic heterocycles. The second-order valence-corrected chi connectivity index (χ2v) is 6.90. The van der Waals surface area contributed by atoms with Gasteiger partial charge in [-0.05, 0) is 24.3 Å². The predicted octanol–water partition coefficient (Wildman–Crippen LogP) is 6.08. The Morgan fingerprint density at radius 1 is 0.815 bits per heavy atom. The van der Waals surface area contributed by atoms with Crippen molar-refractivity contribution in [2.45, 2.75) is 0 Å². The largest absolute Gasteiger partial charge is 0.337 e. The third-order valence-electron chi connectivity index (χ3n) is 4.24. The van der Waals surface area contributed by atoms with Gasteiger partial charge in [0, 0.05) is 33.3 Å². The van der Waals surface area contributed by atoms with E-state index in [1.165, 1.54) is 12.1 Å². The molecule has 0 unspecified atom stereocenters. The lowest BCUT2D eigenvalue weighted by Crippen LogP contribution is -1.88. The summed E-state index contributed by atoms with van der Waals surface area (Å²) < 4.78 is 0.997. The Hall–Kier alpha value is -3.25. The van der Waals surface area contributed by atoms with Crippen LogP contribution in [-0.2, 0) is 0 Å². The quantitative estimate of drug-likeness (QED) is 0.321. The second-order valence-electron chi connectivity index (χ2n) is 5.99. The van der Waals surface area contributed by atoms with Crippen molar-refractivity contribution in [2.24, 2.45) is 0 Å². The number of rotatable bonds is 4. The molecule has 3 aromatic carbocycles. The standard InChI is InChI=1S/C21H14BrN3O2/c22-17-10-6-16(7-11-17)21-23-19(14-4-2-1-3-5-14)20(24-21)15-8-12-18(13-9-15)25(26)27/h1-13H,(H,23,24). The molecule has 27 heavy (non-hydrogen) atoms. The van der Waals surface area contributed by atoms with E-state index in [2.05, 4.69) is 20.9 Å². The van der Waals surface area contributed by atoms with Crippen molar-refractivity contribution in [3.8, 4) is 33.9 Å². The summed E-state index contributed by atoms with van der Waals surface area (Å²) >= 11 is 3.44. The summed E-state index contributed by atoms with van der Waals surface area (Å²) in [5.41, 5.74) is 4.48. The van der Waals surface area contributed by atoms with Crippen molar-refractivity contribution in [1.82, 2.24) is 9.97 Å². The molecular formula is C21H14BrN3O2. The van der Waals surface area contributed by atoms with Crippen molar-refractivity contribution < 1.29 is 4.92 Å². The van der Waals surface area contributed by atoms with Crippen molar-refractivity contribution >= 4 is 21.6 Å². The Kier molecular flexibility index (Phi) is 4.56. The van der Waals surface area contributed by atoms with E-state index in [9.17, 15) is 10.1 Å². The molecule has 0 amide bonds. The van der Waals surface area contributed by atoms with Crippen LogP contribution in [0.3, 0.4) is 0 Å². The molecule has 0 spiro atoms. The summed E-state index contributed by atoms with van der Waals surface area (Å²) in [4.78, 5) is 18.7. The van der Waals surface area contributed by atoms with E-state index in [1.807, 2.05) is 54.6 Å². The molecule has 0 saturated carbocycles. The van der Waals surface area contributed by atoms with E-state index in [1.54, 1.807) is 12.1 Å². The summed E-state index contributed by atoms with van der Waals surface area (Å²) in [5, 5.41) is 10.9. The van der Waals surface area contributed by atoms with Gasteiger partial charge in [0.15, 0.2) is 0 Å². The van der Waals surface area contributed by atoms with Crippen LogP contribution in [0.4, 0.5) is 5.69 Å². The first kappa shape index (κ1) is 17.2. The van der Waals surface area contributed by atoms with Crippen LogP contribution in [0.1, 0.15) is 0 Å². The lowest BCUT2D eigenvalue weighted by atomic mass is 10.0. The molecule has 0 aliphatic heterocycles. The number of halogens is 1. The molecule has 0 radical (unpaired) electrons. The number of nitro groups is 1. The van der Waals surface area contributed by atoms with Gasteiger partial charge in [-0.3, -0.25) is 10.1 Å². The minimum absolute atomic E-state index is 0.0626. The molecule has 0 bridgehead atoms. The van der Waals surface area contributed by atoms with E-state index in [0.717, 1.165) is 38.4 Å². The zero-order chi connectivity index (χ0) is 18.8. The molecule has 0 fully saturated rings. The molecule has 132 valence electrons. The molecule has 1 N–H and O–H groups in total. The fraction of sp³-hybridized carbons (Fsp3) is 0. The zero-order valence-electron chi connectivity index (χ0n) is 14.1. The van der Waals surface area contributed by atoms with Gasteiger partial charge in [0.2, 0.25) is 0 Å². The fourth-order valence-electron chi connectivity index (χ4n) is 2.88. The average Bonchev–Trinajstić information content (AvgIpc) is 3.15. The van der Waals surface area contributed by atoms with Crippen LogP contribution in [-0.4, -0.2) is 14.9 Å². The number of nitro benzene ring substituents is 1. The number of non-ortho nitro benzene ring substituents is 1. The molecule has 4 aromatic rings. The van der Waals surface area contributed by atoms with Crippen LogP contribution in [0.25, 0.3) is 33.9 Å². The van der Waals surface area contributed by atoms with E-state index < -0.39 is 4.92 Å². The number of hydrogen-bond donors (Lipinski definition) is 1. The fourth-order valence-corrected chi connectivity index (χ4v) is 3.15. The highest BCUT2D eigenvalue weighted by molar-refractivity contribution is 9.10. The number of hydrogen-bond acceptors (Lipinski definition) is 3. The van der Waals surface area contributed by atoms with E-state index in [4.69, 9.17) is 4.98 Å². The maximum Gasteiger partial charge on any atom is 0.269 e. The van der Waals surface area contributed by atoms with E-state index in [-0.39, 0.29) is 5.69 Å². The highest BCUT2D eigenvalue weighted by Gasteiger charge is 2.16. The van der Waals surface area contributed by atoms with Gasteiger partial charge in [0.25, 0.3) is 5.69 Å². The summed E-state index contributed by atoms with van der Waals surface area (Å²) in [6.07, 6.45) is 0. The maximum absolute atomic E-state index is 10.9.